The van der Waals surface area contributed by atoms with E-state index in [2.05, 4.69) is 24.1 Å². The molecule has 3 nitrogen and oxygen atoms in total. The SMILES string of the molecule is CCC1CCC(C)(COc2ncccc2F)N1. The molecule has 1 aromatic heterocycles. The minimum absolute atomic E-state index is 0.0648. The van der Waals surface area contributed by atoms with Gasteiger partial charge in [0.15, 0.2) is 5.82 Å². The highest BCUT2D eigenvalue weighted by atomic mass is 19.1. The standard InChI is InChI=1S/C13H19FN2O/c1-3-10-6-7-13(2,16-10)9-17-12-11(14)5-4-8-15-12/h4-5,8,10,16H,3,6-7,9H2,1-2H3. The Morgan fingerprint density at radius 2 is 2.47 bits per heavy atom. The summed E-state index contributed by atoms with van der Waals surface area (Å²) < 4.78 is 18.8. The summed E-state index contributed by atoms with van der Waals surface area (Å²) in [6.45, 7) is 4.74. The van der Waals surface area contributed by atoms with E-state index in [0.29, 0.717) is 12.6 Å². The van der Waals surface area contributed by atoms with E-state index in [4.69, 9.17) is 4.74 Å². The Morgan fingerprint density at radius 3 is 3.12 bits per heavy atom. The highest BCUT2D eigenvalue weighted by Gasteiger charge is 2.34. The lowest BCUT2D eigenvalue weighted by Gasteiger charge is -2.25. The monoisotopic (exact) mass is 238 g/mol. The second kappa shape index (κ2) is 5.00. The van der Waals surface area contributed by atoms with E-state index in [-0.39, 0.29) is 11.4 Å². The summed E-state index contributed by atoms with van der Waals surface area (Å²) in [5, 5.41) is 3.53. The highest BCUT2D eigenvalue weighted by molar-refractivity contribution is 5.13. The lowest BCUT2D eigenvalue weighted by Crippen LogP contribution is -2.45. The zero-order chi connectivity index (χ0) is 12.3. The molecule has 17 heavy (non-hydrogen) atoms. The van der Waals surface area contributed by atoms with Gasteiger partial charge in [-0.1, -0.05) is 6.92 Å². The Balaban J connectivity index is 1.92. The predicted octanol–water partition coefficient (Wildman–Crippen LogP) is 2.52. The molecule has 0 saturated carbocycles. The van der Waals surface area contributed by atoms with Gasteiger partial charge in [0.1, 0.15) is 6.61 Å². The summed E-state index contributed by atoms with van der Waals surface area (Å²) >= 11 is 0. The number of hydrogen-bond acceptors (Lipinski definition) is 3. The maximum absolute atomic E-state index is 13.3. The fourth-order valence-electron chi connectivity index (χ4n) is 2.26. The first kappa shape index (κ1) is 12.3. The van der Waals surface area contributed by atoms with Gasteiger partial charge in [-0.05, 0) is 38.3 Å². The number of aromatic nitrogens is 1. The molecule has 1 saturated heterocycles. The van der Waals surface area contributed by atoms with Crippen molar-refractivity contribution in [3.05, 3.63) is 24.1 Å². The maximum atomic E-state index is 13.3. The van der Waals surface area contributed by atoms with Gasteiger partial charge in [-0.15, -0.1) is 0 Å². The number of pyridine rings is 1. The van der Waals surface area contributed by atoms with Crippen LogP contribution < -0.4 is 10.1 Å². The third kappa shape index (κ3) is 2.94. The van der Waals surface area contributed by atoms with Gasteiger partial charge in [0.2, 0.25) is 5.88 Å². The fourth-order valence-corrected chi connectivity index (χ4v) is 2.26. The summed E-state index contributed by atoms with van der Waals surface area (Å²) in [4.78, 5) is 3.88. The Morgan fingerprint density at radius 1 is 1.65 bits per heavy atom. The first-order valence-corrected chi connectivity index (χ1v) is 6.14. The van der Waals surface area contributed by atoms with Crippen LogP contribution in [-0.4, -0.2) is 23.2 Å². The number of hydrogen-bond donors (Lipinski definition) is 1. The summed E-state index contributed by atoms with van der Waals surface area (Å²) in [5.41, 5.74) is -0.0648. The van der Waals surface area contributed by atoms with Crippen LogP contribution in [0.1, 0.15) is 33.1 Å². The van der Waals surface area contributed by atoms with E-state index in [1.165, 1.54) is 12.3 Å². The van der Waals surface area contributed by atoms with Crippen LogP contribution in [0.3, 0.4) is 0 Å². The van der Waals surface area contributed by atoms with E-state index in [9.17, 15) is 4.39 Å². The summed E-state index contributed by atoms with van der Waals surface area (Å²) in [7, 11) is 0. The van der Waals surface area contributed by atoms with Crippen molar-refractivity contribution in [2.24, 2.45) is 0 Å². The third-order valence-electron chi connectivity index (χ3n) is 3.34. The van der Waals surface area contributed by atoms with Crippen LogP contribution in [0.4, 0.5) is 4.39 Å². The molecule has 0 aliphatic carbocycles. The van der Waals surface area contributed by atoms with Gasteiger partial charge in [0, 0.05) is 17.8 Å². The van der Waals surface area contributed by atoms with E-state index in [0.717, 1.165) is 19.3 Å². The van der Waals surface area contributed by atoms with Gasteiger partial charge in [-0.3, -0.25) is 0 Å². The lowest BCUT2D eigenvalue weighted by molar-refractivity contribution is 0.193. The van der Waals surface area contributed by atoms with Gasteiger partial charge in [-0.25, -0.2) is 9.37 Å². The molecule has 0 amide bonds. The maximum Gasteiger partial charge on any atom is 0.250 e. The summed E-state index contributed by atoms with van der Waals surface area (Å²) in [6, 6.07) is 3.48. The molecule has 1 aliphatic heterocycles. The van der Waals surface area contributed by atoms with Crippen LogP contribution in [0.5, 0.6) is 5.88 Å². The largest absolute Gasteiger partial charge is 0.474 e. The van der Waals surface area contributed by atoms with Crippen molar-refractivity contribution in [2.75, 3.05) is 6.61 Å². The molecule has 1 aromatic rings. The van der Waals surface area contributed by atoms with Gasteiger partial charge in [-0.2, -0.15) is 0 Å². The fraction of sp³-hybridized carbons (Fsp3) is 0.615. The highest BCUT2D eigenvalue weighted by Crippen LogP contribution is 2.25. The Labute approximate surface area is 101 Å². The molecular weight excluding hydrogens is 219 g/mol. The molecule has 0 radical (unpaired) electrons. The van der Waals surface area contributed by atoms with Crippen LogP contribution in [0.2, 0.25) is 0 Å². The van der Waals surface area contributed by atoms with Crippen LogP contribution in [-0.2, 0) is 0 Å². The van der Waals surface area contributed by atoms with Crippen molar-refractivity contribution in [2.45, 2.75) is 44.7 Å². The number of rotatable bonds is 4. The zero-order valence-electron chi connectivity index (χ0n) is 10.4. The van der Waals surface area contributed by atoms with Crippen molar-refractivity contribution in [1.29, 1.82) is 0 Å². The van der Waals surface area contributed by atoms with Gasteiger partial charge >= 0.3 is 0 Å². The quantitative estimate of drug-likeness (QED) is 0.875. The van der Waals surface area contributed by atoms with Crippen molar-refractivity contribution in [3.63, 3.8) is 0 Å². The molecule has 2 heterocycles. The number of halogens is 1. The Kier molecular flexibility index (Phi) is 3.62. The molecular formula is C13H19FN2O. The second-order valence-corrected chi connectivity index (χ2v) is 4.93. The molecule has 0 aromatic carbocycles. The van der Waals surface area contributed by atoms with Crippen molar-refractivity contribution < 1.29 is 9.13 Å². The first-order chi connectivity index (χ1) is 8.13. The molecule has 2 atom stereocenters. The van der Waals surface area contributed by atoms with E-state index >= 15 is 0 Å². The summed E-state index contributed by atoms with van der Waals surface area (Å²) in [6.07, 6.45) is 4.87. The zero-order valence-corrected chi connectivity index (χ0v) is 10.4. The molecule has 0 spiro atoms. The van der Waals surface area contributed by atoms with Crippen molar-refractivity contribution in [3.8, 4) is 5.88 Å². The van der Waals surface area contributed by atoms with Crippen LogP contribution >= 0.6 is 0 Å². The van der Waals surface area contributed by atoms with Crippen LogP contribution in [0, 0.1) is 5.82 Å². The smallest absolute Gasteiger partial charge is 0.250 e. The molecule has 0 bridgehead atoms. The molecule has 1 N–H and O–H groups in total. The normalized spacial score (nSPS) is 28.3. The first-order valence-electron chi connectivity index (χ1n) is 6.14. The van der Waals surface area contributed by atoms with Gasteiger partial charge in [0.25, 0.3) is 0 Å². The molecule has 2 rings (SSSR count). The minimum atomic E-state index is -0.402. The molecule has 4 heteroatoms. The van der Waals surface area contributed by atoms with E-state index < -0.39 is 5.82 Å². The second-order valence-electron chi connectivity index (χ2n) is 4.93. The molecule has 1 fully saturated rings. The van der Waals surface area contributed by atoms with Gasteiger partial charge in [0.05, 0.1) is 0 Å². The molecule has 1 aliphatic rings. The van der Waals surface area contributed by atoms with Crippen molar-refractivity contribution >= 4 is 0 Å². The lowest BCUT2D eigenvalue weighted by atomic mass is 10.0. The van der Waals surface area contributed by atoms with Crippen LogP contribution in [0.15, 0.2) is 18.3 Å². The summed E-state index contributed by atoms with van der Waals surface area (Å²) in [5.74, 6) is -0.309. The van der Waals surface area contributed by atoms with E-state index in [1.54, 1.807) is 6.07 Å². The van der Waals surface area contributed by atoms with Crippen molar-refractivity contribution in [1.82, 2.24) is 10.3 Å². The average molecular weight is 238 g/mol. The van der Waals surface area contributed by atoms with E-state index in [1.807, 2.05) is 0 Å². The Bertz CT molecular complexity index is 385. The number of nitrogens with one attached hydrogen (secondary N) is 1. The topological polar surface area (TPSA) is 34.1 Å². The Hall–Kier alpha value is -1.16. The number of ether oxygens (including phenoxy) is 1. The van der Waals surface area contributed by atoms with Gasteiger partial charge < -0.3 is 10.1 Å². The molecule has 94 valence electrons. The average Bonchev–Trinajstić information content (AvgIpc) is 2.71. The third-order valence-corrected chi connectivity index (χ3v) is 3.34. The predicted molar refractivity (Wildman–Crippen MR) is 64.5 cm³/mol. The number of nitrogens with zero attached hydrogens (tertiary/aromatic N) is 1. The van der Waals surface area contributed by atoms with Crippen LogP contribution in [0.25, 0.3) is 0 Å². The minimum Gasteiger partial charge on any atom is -0.474 e. The molecule has 2 unspecified atom stereocenters.